The van der Waals surface area contributed by atoms with Gasteiger partial charge in [0.15, 0.2) is 0 Å². The van der Waals surface area contributed by atoms with Gasteiger partial charge in [-0.05, 0) is 17.9 Å². The van der Waals surface area contributed by atoms with Gasteiger partial charge >= 0.3 is 0 Å². The fourth-order valence-electron chi connectivity index (χ4n) is 1.03. The fourth-order valence-corrected chi connectivity index (χ4v) is 1.50. The quantitative estimate of drug-likeness (QED) is 0.746. The molecule has 1 aromatic rings. The van der Waals surface area contributed by atoms with Crippen LogP contribution in [-0.2, 0) is 4.84 Å². The van der Waals surface area contributed by atoms with Gasteiger partial charge in [-0.15, -0.1) is 10.2 Å². The Morgan fingerprint density at radius 1 is 1.36 bits per heavy atom. The van der Waals surface area contributed by atoms with Crippen molar-refractivity contribution in [3.05, 3.63) is 30.3 Å². The smallest absolute Gasteiger partial charge is 0.295 e. The molecule has 0 aromatic heterocycles. The number of hydrogen-bond donors (Lipinski definition) is 0. The molecule has 1 aromatic carbocycles. The van der Waals surface area contributed by atoms with Crippen LogP contribution < -0.4 is 10.7 Å². The number of nitrogens with zero attached hydrogens (tertiary/aromatic N) is 3. The van der Waals surface area contributed by atoms with Gasteiger partial charge in [-0.2, -0.15) is 0 Å². The van der Waals surface area contributed by atoms with Gasteiger partial charge in [-0.25, -0.2) is 0 Å². The first kappa shape index (κ1) is 9.36. The van der Waals surface area contributed by atoms with Crippen molar-refractivity contribution in [1.29, 1.82) is 0 Å². The van der Waals surface area contributed by atoms with E-state index in [9.17, 15) is 0 Å². The van der Waals surface area contributed by atoms with E-state index in [4.69, 9.17) is 4.84 Å². The van der Waals surface area contributed by atoms with E-state index in [2.05, 4.69) is 10.7 Å². The molecule has 0 saturated heterocycles. The van der Waals surface area contributed by atoms with Gasteiger partial charge in [0, 0.05) is 0 Å². The maximum atomic E-state index is 5.02. The molecule has 0 saturated carbocycles. The third-order valence-electron chi connectivity index (χ3n) is 1.63. The summed E-state index contributed by atoms with van der Waals surface area (Å²) in [6.45, 7) is 2.04. The predicted molar refractivity (Wildman–Crippen MR) is 57.7 cm³/mol. The fraction of sp³-hybridized carbons (Fsp3) is 0.222. The van der Waals surface area contributed by atoms with Crippen LogP contribution in [-0.4, -0.2) is 11.0 Å². The molecule has 0 bridgehead atoms. The molecule has 0 spiro atoms. The Labute approximate surface area is 86.9 Å². The number of benzene rings is 1. The van der Waals surface area contributed by atoms with Crippen LogP contribution in [0.3, 0.4) is 0 Å². The number of hydrazone groups is 1. The van der Waals surface area contributed by atoms with E-state index >= 15 is 0 Å². The molecule has 2 rings (SSSR count). The first-order valence-corrected chi connectivity index (χ1v) is 5.33. The van der Waals surface area contributed by atoms with E-state index in [1.54, 1.807) is 0 Å². The van der Waals surface area contributed by atoms with Gasteiger partial charge in [-0.3, -0.25) is 0 Å². The Bertz CT molecular complexity index is 328. The summed E-state index contributed by atoms with van der Waals surface area (Å²) < 4.78 is 0. The molecule has 1 aliphatic heterocycles. The molecule has 1 radical (unpaired) electrons. The highest BCUT2D eigenvalue weighted by Gasteiger charge is 2.18. The average Bonchev–Trinajstić information content (AvgIpc) is 2.68. The van der Waals surface area contributed by atoms with Crippen LogP contribution in [0.2, 0.25) is 0 Å². The summed E-state index contributed by atoms with van der Waals surface area (Å²) in [6, 6.07) is 9.67. The zero-order chi connectivity index (χ0) is 9.80. The summed E-state index contributed by atoms with van der Waals surface area (Å²) in [7, 11) is 0. The Morgan fingerprint density at radius 3 is 2.86 bits per heavy atom. The van der Waals surface area contributed by atoms with Crippen molar-refractivity contribution in [3.8, 4) is 0 Å². The second-order valence-electron chi connectivity index (χ2n) is 2.60. The summed E-state index contributed by atoms with van der Waals surface area (Å²) in [5.41, 5.74) is 4.72. The van der Waals surface area contributed by atoms with Gasteiger partial charge in [0.25, 0.3) is 5.23 Å². The Kier molecular flexibility index (Phi) is 2.90. The molecule has 4 nitrogen and oxygen atoms in total. The van der Waals surface area contributed by atoms with Crippen molar-refractivity contribution in [2.45, 2.75) is 6.92 Å². The highest BCUT2D eigenvalue weighted by atomic mass is 32.2. The van der Waals surface area contributed by atoms with E-state index in [0.29, 0.717) is 5.23 Å². The van der Waals surface area contributed by atoms with Crippen molar-refractivity contribution in [1.82, 2.24) is 5.59 Å². The molecule has 0 aliphatic carbocycles. The van der Waals surface area contributed by atoms with Gasteiger partial charge in [0.2, 0.25) is 0 Å². The molecular weight excluding hydrogens is 198 g/mol. The summed E-state index contributed by atoms with van der Waals surface area (Å²) >= 11 is 1.53. The van der Waals surface area contributed by atoms with Crippen molar-refractivity contribution in [2.75, 3.05) is 10.9 Å². The van der Waals surface area contributed by atoms with Gasteiger partial charge in [0.1, 0.15) is 5.59 Å². The first-order chi connectivity index (χ1) is 6.90. The summed E-state index contributed by atoms with van der Waals surface area (Å²) in [5.74, 6) is 0.928. The third kappa shape index (κ3) is 2.00. The van der Waals surface area contributed by atoms with Crippen molar-refractivity contribution in [3.63, 3.8) is 0 Å². The lowest BCUT2D eigenvalue weighted by Gasteiger charge is -2.06. The minimum atomic E-state index is 0.594. The minimum Gasteiger partial charge on any atom is -0.336 e. The Balaban J connectivity index is 2.08. The minimum absolute atomic E-state index is 0.594. The standard InChI is InChI=1S/C9H10N3OS/c1-2-14-9-10-12(11-13-9)8-6-4-3-5-7-8/h3-7H,2H2,1H3. The van der Waals surface area contributed by atoms with Gasteiger partial charge in [-0.1, -0.05) is 36.9 Å². The van der Waals surface area contributed by atoms with Crippen LogP contribution in [0.5, 0.6) is 0 Å². The number of hydrogen-bond acceptors (Lipinski definition) is 4. The number of thioether (sulfide) groups is 1. The van der Waals surface area contributed by atoms with Crippen LogP contribution in [0.4, 0.5) is 5.69 Å². The summed E-state index contributed by atoms with van der Waals surface area (Å²) in [5, 5.41) is 6.25. The van der Waals surface area contributed by atoms with E-state index in [1.807, 2.05) is 37.3 Å². The highest BCUT2D eigenvalue weighted by molar-refractivity contribution is 8.13. The Hall–Kier alpha value is -1.20. The molecule has 0 N–H and O–H groups in total. The second-order valence-corrected chi connectivity index (χ2v) is 3.81. The van der Waals surface area contributed by atoms with E-state index in [-0.39, 0.29) is 0 Å². The lowest BCUT2D eigenvalue weighted by atomic mass is 10.3. The highest BCUT2D eigenvalue weighted by Crippen LogP contribution is 2.18. The van der Waals surface area contributed by atoms with E-state index < -0.39 is 0 Å². The lowest BCUT2D eigenvalue weighted by molar-refractivity contribution is 0.197. The third-order valence-corrected chi connectivity index (χ3v) is 2.32. The number of anilines is 1. The lowest BCUT2D eigenvalue weighted by Crippen LogP contribution is -2.19. The van der Waals surface area contributed by atoms with Crippen LogP contribution in [0, 0.1) is 0 Å². The molecule has 14 heavy (non-hydrogen) atoms. The first-order valence-electron chi connectivity index (χ1n) is 4.34. The zero-order valence-corrected chi connectivity index (χ0v) is 8.57. The Morgan fingerprint density at radius 2 is 2.14 bits per heavy atom. The van der Waals surface area contributed by atoms with Crippen molar-refractivity contribution < 1.29 is 4.84 Å². The molecule has 0 amide bonds. The molecule has 0 fully saturated rings. The maximum Gasteiger partial charge on any atom is 0.295 e. The van der Waals surface area contributed by atoms with Crippen molar-refractivity contribution in [2.24, 2.45) is 5.10 Å². The van der Waals surface area contributed by atoms with Gasteiger partial charge in [0.05, 0.1) is 5.69 Å². The van der Waals surface area contributed by atoms with E-state index in [1.165, 1.54) is 16.9 Å². The molecule has 0 unspecified atom stereocenters. The van der Waals surface area contributed by atoms with Gasteiger partial charge < -0.3 is 4.84 Å². The number of rotatable bonds is 2. The monoisotopic (exact) mass is 208 g/mol. The van der Waals surface area contributed by atoms with Crippen LogP contribution in [0.25, 0.3) is 0 Å². The molecular formula is C9H10N3OS. The molecule has 0 atom stereocenters. The zero-order valence-electron chi connectivity index (χ0n) is 7.75. The number of para-hydroxylation sites is 1. The topological polar surface area (TPSA) is 38.9 Å². The van der Waals surface area contributed by atoms with Crippen LogP contribution in [0.1, 0.15) is 6.92 Å². The maximum absolute atomic E-state index is 5.02. The molecule has 1 aliphatic rings. The van der Waals surface area contributed by atoms with Crippen molar-refractivity contribution >= 4 is 22.7 Å². The van der Waals surface area contributed by atoms with Crippen LogP contribution >= 0.6 is 11.8 Å². The second kappa shape index (κ2) is 4.34. The SMILES string of the molecule is CCSC1=NN(c2ccccc2)[N]O1. The average molecular weight is 208 g/mol. The van der Waals surface area contributed by atoms with E-state index in [0.717, 1.165) is 11.4 Å². The molecule has 73 valence electrons. The largest absolute Gasteiger partial charge is 0.336 e. The normalized spacial score (nSPS) is 15.2. The summed E-state index contributed by atoms with van der Waals surface area (Å²) in [6.07, 6.45) is 0. The molecule has 5 heteroatoms. The predicted octanol–water partition coefficient (Wildman–Crippen LogP) is 1.98. The summed E-state index contributed by atoms with van der Waals surface area (Å²) in [4.78, 5) is 5.02. The molecule has 1 heterocycles. The van der Waals surface area contributed by atoms with Crippen LogP contribution in [0.15, 0.2) is 35.4 Å².